The summed E-state index contributed by atoms with van der Waals surface area (Å²) in [6.07, 6.45) is 9.47. The lowest BCUT2D eigenvalue weighted by molar-refractivity contribution is 0.192. The van der Waals surface area contributed by atoms with Gasteiger partial charge in [0.25, 0.3) is 0 Å². The van der Waals surface area contributed by atoms with E-state index in [1.165, 1.54) is 58.0 Å². The van der Waals surface area contributed by atoms with Crippen molar-refractivity contribution in [3.63, 3.8) is 0 Å². The second kappa shape index (κ2) is 8.08. The molecule has 1 saturated heterocycles. The van der Waals surface area contributed by atoms with E-state index < -0.39 is 0 Å². The van der Waals surface area contributed by atoms with Crippen LogP contribution < -0.4 is 5.73 Å². The predicted octanol–water partition coefficient (Wildman–Crippen LogP) is 3.02. The van der Waals surface area contributed by atoms with Crippen LogP contribution in [0, 0.1) is 5.92 Å². The normalized spacial score (nSPS) is 25.3. The smallest absolute Gasteiger partial charge is 0.0218 e. The van der Waals surface area contributed by atoms with Gasteiger partial charge < -0.3 is 5.73 Å². The van der Waals surface area contributed by atoms with Gasteiger partial charge in [-0.25, -0.2) is 0 Å². The van der Waals surface area contributed by atoms with Crippen molar-refractivity contribution in [3.8, 4) is 0 Å². The molecule has 1 aliphatic heterocycles. The van der Waals surface area contributed by atoms with E-state index >= 15 is 0 Å². The van der Waals surface area contributed by atoms with Crippen molar-refractivity contribution in [2.45, 2.75) is 64.8 Å². The fourth-order valence-corrected chi connectivity index (χ4v) is 2.85. The van der Waals surface area contributed by atoms with Crippen molar-refractivity contribution in [1.82, 2.24) is 4.90 Å². The molecule has 0 radical (unpaired) electrons. The van der Waals surface area contributed by atoms with E-state index in [1.807, 2.05) is 0 Å². The molecule has 2 heteroatoms. The fourth-order valence-electron chi connectivity index (χ4n) is 2.85. The monoisotopic (exact) mass is 226 g/mol. The first kappa shape index (κ1) is 14.0. The molecule has 16 heavy (non-hydrogen) atoms. The minimum absolute atomic E-state index is 0.649. The Balaban J connectivity index is 2.38. The zero-order valence-corrected chi connectivity index (χ0v) is 11.3. The molecule has 0 spiro atoms. The van der Waals surface area contributed by atoms with E-state index in [-0.39, 0.29) is 0 Å². The number of nitrogens with two attached hydrogens (primary N) is 1. The van der Waals surface area contributed by atoms with Crippen molar-refractivity contribution in [1.29, 1.82) is 0 Å². The van der Waals surface area contributed by atoms with Crippen molar-refractivity contribution in [3.05, 3.63) is 0 Å². The molecule has 0 saturated carbocycles. The Morgan fingerprint density at radius 1 is 1.25 bits per heavy atom. The first-order valence-electron chi connectivity index (χ1n) is 7.25. The summed E-state index contributed by atoms with van der Waals surface area (Å²) in [5.74, 6) is 0.967. The first-order chi connectivity index (χ1) is 7.81. The Labute approximate surface area is 102 Å². The summed E-state index contributed by atoms with van der Waals surface area (Å²) in [5.41, 5.74) is 5.92. The maximum absolute atomic E-state index is 5.92. The van der Waals surface area contributed by atoms with Gasteiger partial charge in [0.2, 0.25) is 0 Å². The highest BCUT2D eigenvalue weighted by Gasteiger charge is 2.20. The van der Waals surface area contributed by atoms with Gasteiger partial charge in [0.15, 0.2) is 0 Å². The largest absolute Gasteiger partial charge is 0.329 e. The zero-order chi connectivity index (χ0) is 11.8. The molecule has 0 aromatic heterocycles. The second-order valence-electron chi connectivity index (χ2n) is 5.27. The topological polar surface area (TPSA) is 29.3 Å². The third kappa shape index (κ3) is 4.42. The Morgan fingerprint density at radius 2 is 2.06 bits per heavy atom. The third-order valence-electron chi connectivity index (χ3n) is 4.14. The van der Waals surface area contributed by atoms with Gasteiger partial charge in [-0.15, -0.1) is 0 Å². The van der Waals surface area contributed by atoms with Crippen LogP contribution in [0.5, 0.6) is 0 Å². The Kier molecular flexibility index (Phi) is 7.06. The van der Waals surface area contributed by atoms with E-state index in [9.17, 15) is 0 Å². The highest BCUT2D eigenvalue weighted by atomic mass is 15.2. The highest BCUT2D eigenvalue weighted by molar-refractivity contribution is 4.77. The molecule has 2 nitrogen and oxygen atoms in total. The van der Waals surface area contributed by atoms with Gasteiger partial charge >= 0.3 is 0 Å². The Morgan fingerprint density at radius 3 is 2.69 bits per heavy atom. The molecule has 2 unspecified atom stereocenters. The van der Waals surface area contributed by atoms with E-state index in [0.717, 1.165) is 12.5 Å². The van der Waals surface area contributed by atoms with Crippen LogP contribution in [0.15, 0.2) is 0 Å². The summed E-state index contributed by atoms with van der Waals surface area (Å²) in [6.45, 7) is 8.00. The summed E-state index contributed by atoms with van der Waals surface area (Å²) in [5, 5.41) is 0. The van der Waals surface area contributed by atoms with Crippen LogP contribution in [-0.2, 0) is 0 Å². The van der Waals surface area contributed by atoms with Gasteiger partial charge in [0.1, 0.15) is 0 Å². The molecule has 1 rings (SSSR count). The number of rotatable bonds is 6. The number of likely N-dealkylation sites (tertiary alicyclic amines) is 1. The van der Waals surface area contributed by atoms with Crippen LogP contribution in [0.3, 0.4) is 0 Å². The average molecular weight is 226 g/mol. The van der Waals surface area contributed by atoms with Crippen molar-refractivity contribution in [2.24, 2.45) is 11.7 Å². The van der Waals surface area contributed by atoms with Crippen LogP contribution in [-0.4, -0.2) is 30.6 Å². The van der Waals surface area contributed by atoms with E-state index in [0.29, 0.717) is 6.04 Å². The molecule has 1 aliphatic rings. The van der Waals surface area contributed by atoms with Crippen LogP contribution in [0.25, 0.3) is 0 Å². The van der Waals surface area contributed by atoms with Crippen molar-refractivity contribution in [2.75, 3.05) is 19.6 Å². The van der Waals surface area contributed by atoms with Gasteiger partial charge in [-0.1, -0.05) is 33.1 Å². The third-order valence-corrected chi connectivity index (χ3v) is 4.14. The van der Waals surface area contributed by atoms with Gasteiger partial charge in [-0.2, -0.15) is 0 Å². The number of nitrogens with zero attached hydrogens (tertiary/aromatic N) is 1. The molecule has 1 fully saturated rings. The summed E-state index contributed by atoms with van der Waals surface area (Å²) in [4.78, 5) is 2.66. The minimum Gasteiger partial charge on any atom is -0.329 e. The van der Waals surface area contributed by atoms with E-state index in [2.05, 4.69) is 18.7 Å². The molecule has 0 aromatic carbocycles. The van der Waals surface area contributed by atoms with Gasteiger partial charge in [-0.05, 0) is 44.7 Å². The number of hydrogen-bond acceptors (Lipinski definition) is 2. The lowest BCUT2D eigenvalue weighted by atomic mass is 9.98. The van der Waals surface area contributed by atoms with Crippen LogP contribution >= 0.6 is 0 Å². The highest BCUT2D eigenvalue weighted by Crippen LogP contribution is 2.22. The van der Waals surface area contributed by atoms with Crippen LogP contribution in [0.4, 0.5) is 0 Å². The van der Waals surface area contributed by atoms with Crippen molar-refractivity contribution >= 4 is 0 Å². The maximum atomic E-state index is 5.92. The first-order valence-corrected chi connectivity index (χ1v) is 7.25. The Hall–Kier alpha value is -0.0800. The molecule has 0 aromatic rings. The zero-order valence-electron chi connectivity index (χ0n) is 11.3. The summed E-state index contributed by atoms with van der Waals surface area (Å²) >= 11 is 0. The maximum Gasteiger partial charge on any atom is 0.0218 e. The van der Waals surface area contributed by atoms with Gasteiger partial charge in [0.05, 0.1) is 0 Å². The predicted molar refractivity (Wildman–Crippen MR) is 71.6 cm³/mol. The van der Waals surface area contributed by atoms with Gasteiger partial charge in [0, 0.05) is 12.6 Å². The quantitative estimate of drug-likeness (QED) is 0.754. The standard InChI is InChI=1S/C14H30N2/c1-3-5-8-14(12-15)16-10-6-7-13(4-2)9-11-16/h13-14H,3-12,15H2,1-2H3. The minimum atomic E-state index is 0.649. The van der Waals surface area contributed by atoms with Crippen LogP contribution in [0.2, 0.25) is 0 Å². The molecule has 0 amide bonds. The summed E-state index contributed by atoms with van der Waals surface area (Å²) < 4.78 is 0. The lowest BCUT2D eigenvalue weighted by Gasteiger charge is -2.29. The molecule has 2 atom stereocenters. The van der Waals surface area contributed by atoms with E-state index in [4.69, 9.17) is 5.73 Å². The van der Waals surface area contributed by atoms with Gasteiger partial charge in [-0.3, -0.25) is 4.90 Å². The Bertz CT molecular complexity index is 170. The lowest BCUT2D eigenvalue weighted by Crippen LogP contribution is -2.41. The molecular formula is C14H30N2. The average Bonchev–Trinajstić information content (AvgIpc) is 2.55. The fraction of sp³-hybridized carbons (Fsp3) is 1.00. The van der Waals surface area contributed by atoms with E-state index in [1.54, 1.807) is 0 Å². The number of unbranched alkanes of at least 4 members (excludes halogenated alkanes) is 1. The number of hydrogen-bond donors (Lipinski definition) is 1. The summed E-state index contributed by atoms with van der Waals surface area (Å²) in [7, 11) is 0. The second-order valence-corrected chi connectivity index (χ2v) is 5.27. The SMILES string of the molecule is CCCCC(CN)N1CCCC(CC)CC1. The molecule has 2 N–H and O–H groups in total. The molecule has 96 valence electrons. The molecule has 0 bridgehead atoms. The summed E-state index contributed by atoms with van der Waals surface area (Å²) in [6, 6.07) is 0.649. The molecule has 0 aliphatic carbocycles. The van der Waals surface area contributed by atoms with Crippen LogP contribution in [0.1, 0.15) is 58.8 Å². The molecular weight excluding hydrogens is 196 g/mol. The van der Waals surface area contributed by atoms with Crippen molar-refractivity contribution < 1.29 is 0 Å². The molecule has 1 heterocycles.